The summed E-state index contributed by atoms with van der Waals surface area (Å²) in [6, 6.07) is 0. The number of carbonyl (C=O) groups is 2. The molecule has 0 aromatic carbocycles. The highest BCUT2D eigenvalue weighted by Gasteiger charge is 2.44. The van der Waals surface area contributed by atoms with Crippen LogP contribution in [0.2, 0.25) is 0 Å². The molecule has 0 radical (unpaired) electrons. The lowest BCUT2D eigenvalue weighted by atomic mass is 10.1. The third-order valence-corrected chi connectivity index (χ3v) is 5.62. The van der Waals surface area contributed by atoms with E-state index >= 15 is 0 Å². The highest BCUT2D eigenvalue weighted by molar-refractivity contribution is 8.00. The molecule has 2 fully saturated rings. The number of carbonyl (C=O) groups excluding carboxylic acids is 1. The highest BCUT2D eigenvalue weighted by Crippen LogP contribution is 2.51. The normalized spacial score (nSPS) is 22.9. The number of carboxylic acid groups (broad SMARTS) is 1. The summed E-state index contributed by atoms with van der Waals surface area (Å²) < 4.78 is 0. The maximum atomic E-state index is 12.2. The van der Waals surface area contributed by atoms with Gasteiger partial charge in [0.05, 0.1) is 11.7 Å². The third-order valence-electron chi connectivity index (χ3n) is 4.14. The number of hydrogen-bond acceptors (Lipinski definition) is 3. The zero-order valence-electron chi connectivity index (χ0n) is 11.6. The van der Waals surface area contributed by atoms with E-state index in [1.54, 1.807) is 11.8 Å². The van der Waals surface area contributed by atoms with E-state index in [9.17, 15) is 9.59 Å². The standard InChI is InChI=1S/C14H23NO3S/c1-11(13(18)15-7-3-2-4-8-15)19-10-14(5-6-14)9-12(16)17/h11H,2-10H2,1H3,(H,16,17). The van der Waals surface area contributed by atoms with E-state index in [1.807, 2.05) is 11.8 Å². The van der Waals surface area contributed by atoms with Crippen LogP contribution in [0.3, 0.4) is 0 Å². The molecule has 4 nitrogen and oxygen atoms in total. The third kappa shape index (κ3) is 4.13. The van der Waals surface area contributed by atoms with E-state index in [4.69, 9.17) is 5.11 Å². The van der Waals surface area contributed by atoms with Crippen LogP contribution in [-0.2, 0) is 9.59 Å². The number of nitrogens with zero attached hydrogens (tertiary/aromatic N) is 1. The van der Waals surface area contributed by atoms with Gasteiger partial charge in [0.2, 0.25) is 5.91 Å². The van der Waals surface area contributed by atoms with Crippen molar-refractivity contribution in [2.24, 2.45) is 5.41 Å². The highest BCUT2D eigenvalue weighted by atomic mass is 32.2. The Bertz CT molecular complexity index is 349. The van der Waals surface area contributed by atoms with Crippen LogP contribution in [0.25, 0.3) is 0 Å². The first kappa shape index (κ1) is 14.7. The van der Waals surface area contributed by atoms with Gasteiger partial charge in [-0.25, -0.2) is 0 Å². The molecule has 1 saturated carbocycles. The van der Waals surface area contributed by atoms with Crippen LogP contribution < -0.4 is 0 Å². The molecule has 1 heterocycles. The molecular weight excluding hydrogens is 262 g/mol. The minimum absolute atomic E-state index is 0.0209. The fourth-order valence-electron chi connectivity index (χ4n) is 2.61. The molecule has 5 heteroatoms. The molecule has 1 aliphatic carbocycles. The van der Waals surface area contributed by atoms with Gasteiger partial charge in [0, 0.05) is 18.8 Å². The summed E-state index contributed by atoms with van der Waals surface area (Å²) in [5.74, 6) is 0.323. The second-order valence-corrected chi connectivity index (χ2v) is 7.24. The summed E-state index contributed by atoms with van der Waals surface area (Å²) in [6.07, 6.45) is 5.71. The van der Waals surface area contributed by atoms with E-state index in [-0.39, 0.29) is 23.0 Å². The molecule has 1 unspecified atom stereocenters. The van der Waals surface area contributed by atoms with Gasteiger partial charge in [0.1, 0.15) is 0 Å². The number of piperidine rings is 1. The smallest absolute Gasteiger partial charge is 0.303 e. The largest absolute Gasteiger partial charge is 0.481 e. The fraction of sp³-hybridized carbons (Fsp3) is 0.857. The summed E-state index contributed by atoms with van der Waals surface area (Å²) in [5.41, 5.74) is -0.0209. The number of carboxylic acids is 1. The Morgan fingerprint density at radius 2 is 1.89 bits per heavy atom. The Morgan fingerprint density at radius 3 is 2.42 bits per heavy atom. The number of aliphatic carboxylic acids is 1. The predicted molar refractivity (Wildman–Crippen MR) is 76.3 cm³/mol. The van der Waals surface area contributed by atoms with Crippen molar-refractivity contribution in [1.82, 2.24) is 4.90 Å². The lowest BCUT2D eigenvalue weighted by Crippen LogP contribution is -2.40. The summed E-state index contributed by atoms with van der Waals surface area (Å²) >= 11 is 1.64. The van der Waals surface area contributed by atoms with E-state index in [1.165, 1.54) is 6.42 Å². The van der Waals surface area contributed by atoms with Gasteiger partial charge >= 0.3 is 5.97 Å². The lowest BCUT2D eigenvalue weighted by Gasteiger charge is -2.29. The lowest BCUT2D eigenvalue weighted by molar-refractivity contribution is -0.138. The number of hydrogen-bond donors (Lipinski definition) is 1. The monoisotopic (exact) mass is 285 g/mol. The molecule has 0 aromatic heterocycles. The minimum Gasteiger partial charge on any atom is -0.481 e. The predicted octanol–water partition coefficient (Wildman–Crippen LogP) is 2.38. The van der Waals surface area contributed by atoms with Crippen molar-refractivity contribution >= 4 is 23.6 Å². The van der Waals surface area contributed by atoms with Crippen LogP contribution in [0.1, 0.15) is 45.4 Å². The van der Waals surface area contributed by atoms with Crippen LogP contribution in [-0.4, -0.2) is 46.0 Å². The van der Waals surface area contributed by atoms with Crippen molar-refractivity contribution in [1.29, 1.82) is 0 Å². The van der Waals surface area contributed by atoms with Crippen LogP contribution in [0.15, 0.2) is 0 Å². The Morgan fingerprint density at radius 1 is 1.26 bits per heavy atom. The molecule has 1 amide bonds. The molecule has 2 rings (SSSR count). The van der Waals surface area contributed by atoms with Gasteiger partial charge in [0.25, 0.3) is 0 Å². The second-order valence-electron chi connectivity index (χ2n) is 5.91. The minimum atomic E-state index is -0.715. The fourth-order valence-corrected chi connectivity index (χ4v) is 3.90. The maximum absolute atomic E-state index is 12.2. The van der Waals surface area contributed by atoms with Gasteiger partial charge in [-0.05, 0) is 44.4 Å². The Kier molecular flexibility index (Phi) is 4.76. The Labute approximate surface area is 118 Å². The summed E-state index contributed by atoms with van der Waals surface area (Å²) in [6.45, 7) is 3.74. The first-order chi connectivity index (χ1) is 9.02. The van der Waals surface area contributed by atoms with Gasteiger partial charge in [0.15, 0.2) is 0 Å². The Balaban J connectivity index is 1.76. The average Bonchev–Trinajstić information content (AvgIpc) is 3.15. The molecule has 0 spiro atoms. The molecule has 19 heavy (non-hydrogen) atoms. The average molecular weight is 285 g/mol. The molecule has 1 saturated heterocycles. The molecular formula is C14H23NO3S. The topological polar surface area (TPSA) is 57.6 Å². The molecule has 1 aliphatic heterocycles. The van der Waals surface area contributed by atoms with Crippen molar-refractivity contribution in [3.05, 3.63) is 0 Å². The maximum Gasteiger partial charge on any atom is 0.303 e. The van der Waals surface area contributed by atoms with Crippen LogP contribution in [0, 0.1) is 5.41 Å². The Hall–Kier alpha value is -0.710. The van der Waals surface area contributed by atoms with E-state index < -0.39 is 5.97 Å². The van der Waals surface area contributed by atoms with Crippen LogP contribution in [0.5, 0.6) is 0 Å². The quantitative estimate of drug-likeness (QED) is 0.814. The first-order valence-corrected chi connectivity index (χ1v) is 8.19. The molecule has 2 aliphatic rings. The van der Waals surface area contributed by atoms with E-state index in [0.717, 1.165) is 44.5 Å². The van der Waals surface area contributed by atoms with Gasteiger partial charge in [-0.1, -0.05) is 0 Å². The number of thioether (sulfide) groups is 1. The molecule has 0 bridgehead atoms. The van der Waals surface area contributed by atoms with Gasteiger partial charge < -0.3 is 10.0 Å². The molecule has 108 valence electrons. The van der Waals surface area contributed by atoms with Gasteiger partial charge in [-0.3, -0.25) is 9.59 Å². The van der Waals surface area contributed by atoms with Crippen LogP contribution in [0.4, 0.5) is 0 Å². The van der Waals surface area contributed by atoms with Gasteiger partial charge in [-0.15, -0.1) is 11.8 Å². The molecule has 1 atom stereocenters. The first-order valence-electron chi connectivity index (χ1n) is 7.15. The molecule has 0 aromatic rings. The number of likely N-dealkylation sites (tertiary alicyclic amines) is 1. The zero-order chi connectivity index (χ0) is 13.9. The summed E-state index contributed by atoms with van der Waals surface area (Å²) in [7, 11) is 0. The summed E-state index contributed by atoms with van der Waals surface area (Å²) in [5, 5.41) is 8.85. The van der Waals surface area contributed by atoms with Crippen molar-refractivity contribution in [2.75, 3.05) is 18.8 Å². The number of rotatable bonds is 6. The SMILES string of the molecule is CC(SCC1(CC(=O)O)CC1)C(=O)N1CCCCC1. The summed E-state index contributed by atoms with van der Waals surface area (Å²) in [4.78, 5) is 25.0. The zero-order valence-corrected chi connectivity index (χ0v) is 12.4. The van der Waals surface area contributed by atoms with Crippen LogP contribution >= 0.6 is 11.8 Å². The second kappa shape index (κ2) is 6.16. The molecule has 1 N–H and O–H groups in total. The van der Waals surface area contributed by atoms with Crippen molar-refractivity contribution in [2.45, 2.75) is 50.7 Å². The van der Waals surface area contributed by atoms with Crippen molar-refractivity contribution < 1.29 is 14.7 Å². The van der Waals surface area contributed by atoms with Crippen molar-refractivity contribution in [3.8, 4) is 0 Å². The van der Waals surface area contributed by atoms with Gasteiger partial charge in [-0.2, -0.15) is 0 Å². The number of amides is 1. The van der Waals surface area contributed by atoms with E-state index in [0.29, 0.717) is 0 Å². The van der Waals surface area contributed by atoms with E-state index in [2.05, 4.69) is 0 Å². The van der Waals surface area contributed by atoms with Crippen molar-refractivity contribution in [3.63, 3.8) is 0 Å².